The van der Waals surface area contributed by atoms with E-state index in [0.29, 0.717) is 31.1 Å². The molecule has 1 atom stereocenters. The van der Waals surface area contributed by atoms with Crippen molar-refractivity contribution in [1.29, 1.82) is 0 Å². The van der Waals surface area contributed by atoms with Crippen LogP contribution in [0.5, 0.6) is 5.75 Å². The number of morpholine rings is 1. The Kier molecular flexibility index (Phi) is 7.47. The fourth-order valence-corrected chi connectivity index (χ4v) is 4.56. The van der Waals surface area contributed by atoms with Gasteiger partial charge in [0.05, 0.1) is 31.9 Å². The zero-order chi connectivity index (χ0) is 23.4. The third kappa shape index (κ3) is 5.13. The summed E-state index contributed by atoms with van der Waals surface area (Å²) in [6.07, 6.45) is 0.725. The van der Waals surface area contributed by atoms with Crippen LogP contribution in [0.25, 0.3) is 5.76 Å². The molecule has 8 heteroatoms. The summed E-state index contributed by atoms with van der Waals surface area (Å²) in [5.41, 5.74) is 1.35. The molecule has 2 heterocycles. The van der Waals surface area contributed by atoms with Gasteiger partial charge in [0.1, 0.15) is 11.5 Å². The summed E-state index contributed by atoms with van der Waals surface area (Å²) in [6.45, 7) is 4.40. The van der Waals surface area contributed by atoms with Crippen LogP contribution in [-0.4, -0.2) is 73.1 Å². The van der Waals surface area contributed by atoms with Crippen LogP contribution in [0.2, 0.25) is 0 Å². The Morgan fingerprint density at radius 3 is 2.36 bits per heavy atom. The number of ketones is 1. The van der Waals surface area contributed by atoms with Crippen molar-refractivity contribution >= 4 is 33.4 Å². The molecule has 2 aromatic rings. The van der Waals surface area contributed by atoms with Crippen molar-refractivity contribution in [2.75, 3.05) is 46.5 Å². The SMILES string of the molecule is COc1ccc(/C(O)=C2\C(=O)C(=O)N(CCCN3CCOCC3)[C@@H]2c2ccc(Br)cc2)cc1. The second-order valence-corrected chi connectivity index (χ2v) is 9.00. The van der Waals surface area contributed by atoms with Crippen LogP contribution in [0.15, 0.2) is 58.6 Å². The first-order valence-corrected chi connectivity index (χ1v) is 11.8. The molecule has 0 unspecified atom stereocenters. The second-order valence-electron chi connectivity index (χ2n) is 8.08. The Morgan fingerprint density at radius 2 is 1.73 bits per heavy atom. The molecule has 2 fully saturated rings. The number of ether oxygens (including phenoxy) is 2. The maximum absolute atomic E-state index is 13.1. The fourth-order valence-electron chi connectivity index (χ4n) is 4.30. The standard InChI is InChI=1S/C25H27BrN2O5/c1-32-20-9-5-18(6-10-20)23(29)21-22(17-3-7-19(26)8-4-17)28(25(31)24(21)30)12-2-11-27-13-15-33-16-14-27/h3-10,22,29H,2,11-16H2,1H3/b23-21+/t22-/m1/s1. The lowest BCUT2D eigenvalue weighted by Crippen LogP contribution is -2.38. The second kappa shape index (κ2) is 10.5. The molecule has 2 saturated heterocycles. The van der Waals surface area contributed by atoms with E-state index in [1.54, 1.807) is 36.3 Å². The van der Waals surface area contributed by atoms with Gasteiger partial charge in [-0.2, -0.15) is 0 Å². The van der Waals surface area contributed by atoms with Crippen molar-refractivity contribution in [3.63, 3.8) is 0 Å². The minimum absolute atomic E-state index is 0.110. The highest BCUT2D eigenvalue weighted by atomic mass is 79.9. The van der Waals surface area contributed by atoms with Crippen LogP contribution < -0.4 is 4.74 Å². The quantitative estimate of drug-likeness (QED) is 0.345. The van der Waals surface area contributed by atoms with Gasteiger partial charge in [0, 0.05) is 36.2 Å². The summed E-state index contributed by atoms with van der Waals surface area (Å²) in [6, 6.07) is 13.6. The summed E-state index contributed by atoms with van der Waals surface area (Å²) in [5.74, 6) is -0.790. The maximum Gasteiger partial charge on any atom is 0.295 e. The number of amides is 1. The van der Waals surface area contributed by atoms with Crippen LogP contribution in [0.4, 0.5) is 0 Å². The van der Waals surface area contributed by atoms with Crippen molar-refractivity contribution in [2.24, 2.45) is 0 Å². The average molecular weight is 515 g/mol. The normalized spacial score (nSPS) is 20.9. The van der Waals surface area contributed by atoms with Crippen molar-refractivity contribution in [1.82, 2.24) is 9.80 Å². The number of benzene rings is 2. The fraction of sp³-hybridized carbons (Fsp3) is 0.360. The van der Waals surface area contributed by atoms with E-state index < -0.39 is 17.7 Å². The third-order valence-electron chi connectivity index (χ3n) is 6.07. The van der Waals surface area contributed by atoms with Gasteiger partial charge in [-0.3, -0.25) is 14.5 Å². The van der Waals surface area contributed by atoms with E-state index in [9.17, 15) is 14.7 Å². The molecule has 0 aromatic heterocycles. The molecule has 1 N–H and O–H groups in total. The Labute approximate surface area is 201 Å². The molecule has 0 saturated carbocycles. The first-order valence-electron chi connectivity index (χ1n) is 11.0. The van der Waals surface area contributed by atoms with E-state index in [4.69, 9.17) is 9.47 Å². The Bertz CT molecular complexity index is 1030. The number of aliphatic hydroxyl groups excluding tert-OH is 1. The lowest BCUT2D eigenvalue weighted by Gasteiger charge is -2.29. The Balaban J connectivity index is 1.65. The molecule has 0 bridgehead atoms. The van der Waals surface area contributed by atoms with Gasteiger partial charge in [-0.15, -0.1) is 0 Å². The number of rotatable bonds is 7. The van der Waals surface area contributed by atoms with E-state index in [2.05, 4.69) is 20.8 Å². The van der Waals surface area contributed by atoms with Crippen LogP contribution in [-0.2, 0) is 14.3 Å². The predicted molar refractivity (Wildman–Crippen MR) is 128 cm³/mol. The maximum atomic E-state index is 13.1. The largest absolute Gasteiger partial charge is 0.507 e. The number of halogens is 1. The molecule has 174 valence electrons. The number of methoxy groups -OCH3 is 1. The third-order valence-corrected chi connectivity index (χ3v) is 6.59. The van der Waals surface area contributed by atoms with Gasteiger partial charge in [-0.25, -0.2) is 0 Å². The number of likely N-dealkylation sites (tertiary alicyclic amines) is 1. The van der Waals surface area contributed by atoms with E-state index in [-0.39, 0.29) is 11.3 Å². The van der Waals surface area contributed by atoms with Crippen LogP contribution in [0.1, 0.15) is 23.6 Å². The Hall–Kier alpha value is -2.68. The van der Waals surface area contributed by atoms with Gasteiger partial charge in [0.25, 0.3) is 11.7 Å². The predicted octanol–water partition coefficient (Wildman–Crippen LogP) is 3.60. The molecule has 2 aliphatic heterocycles. The summed E-state index contributed by atoms with van der Waals surface area (Å²) >= 11 is 3.44. The highest BCUT2D eigenvalue weighted by Gasteiger charge is 2.45. The lowest BCUT2D eigenvalue weighted by atomic mass is 9.95. The molecular formula is C25H27BrN2O5. The molecule has 0 spiro atoms. The molecule has 4 rings (SSSR count). The highest BCUT2D eigenvalue weighted by Crippen LogP contribution is 2.40. The number of carbonyl (C=O) groups is 2. The molecule has 0 radical (unpaired) electrons. The van der Waals surface area contributed by atoms with E-state index in [1.807, 2.05) is 24.3 Å². The highest BCUT2D eigenvalue weighted by molar-refractivity contribution is 9.10. The number of Topliss-reactive ketones (excluding diaryl/α,β-unsaturated/α-hetero) is 1. The number of nitrogens with zero attached hydrogens (tertiary/aromatic N) is 2. The minimum Gasteiger partial charge on any atom is -0.507 e. The van der Waals surface area contributed by atoms with Crippen LogP contribution in [0.3, 0.4) is 0 Å². The summed E-state index contributed by atoms with van der Waals surface area (Å²) in [7, 11) is 1.56. The zero-order valence-electron chi connectivity index (χ0n) is 18.5. The molecular weight excluding hydrogens is 488 g/mol. The van der Waals surface area contributed by atoms with Crippen molar-refractivity contribution in [3.8, 4) is 5.75 Å². The van der Waals surface area contributed by atoms with Crippen molar-refractivity contribution in [2.45, 2.75) is 12.5 Å². The van der Waals surface area contributed by atoms with Crippen molar-refractivity contribution < 1.29 is 24.2 Å². The first-order chi connectivity index (χ1) is 16.0. The number of hydrogen-bond donors (Lipinski definition) is 1. The summed E-state index contributed by atoms with van der Waals surface area (Å²) < 4.78 is 11.5. The van der Waals surface area contributed by atoms with E-state index in [0.717, 1.165) is 36.1 Å². The molecule has 2 aliphatic rings. The van der Waals surface area contributed by atoms with E-state index in [1.165, 1.54) is 0 Å². The zero-order valence-corrected chi connectivity index (χ0v) is 20.1. The van der Waals surface area contributed by atoms with Gasteiger partial charge < -0.3 is 19.5 Å². The van der Waals surface area contributed by atoms with Gasteiger partial charge in [0.2, 0.25) is 0 Å². The minimum atomic E-state index is -0.664. The topological polar surface area (TPSA) is 79.3 Å². The van der Waals surface area contributed by atoms with Crippen molar-refractivity contribution in [3.05, 3.63) is 69.7 Å². The van der Waals surface area contributed by atoms with Gasteiger partial charge in [-0.05, 0) is 48.4 Å². The monoisotopic (exact) mass is 514 g/mol. The number of aliphatic hydroxyl groups is 1. The van der Waals surface area contributed by atoms with Crippen LogP contribution >= 0.6 is 15.9 Å². The van der Waals surface area contributed by atoms with Gasteiger partial charge in [-0.1, -0.05) is 28.1 Å². The smallest absolute Gasteiger partial charge is 0.295 e. The molecule has 2 aromatic carbocycles. The molecule has 1 amide bonds. The van der Waals surface area contributed by atoms with Gasteiger partial charge >= 0.3 is 0 Å². The van der Waals surface area contributed by atoms with E-state index >= 15 is 0 Å². The van der Waals surface area contributed by atoms with Crippen LogP contribution in [0, 0.1) is 0 Å². The average Bonchev–Trinajstić information content (AvgIpc) is 3.10. The summed E-state index contributed by atoms with van der Waals surface area (Å²) in [4.78, 5) is 30.0. The summed E-state index contributed by atoms with van der Waals surface area (Å²) in [5, 5.41) is 11.1. The Morgan fingerprint density at radius 1 is 1.06 bits per heavy atom. The first kappa shape index (κ1) is 23.5. The molecule has 33 heavy (non-hydrogen) atoms. The number of carbonyl (C=O) groups excluding carboxylic acids is 2. The van der Waals surface area contributed by atoms with Gasteiger partial charge in [0.15, 0.2) is 0 Å². The lowest BCUT2D eigenvalue weighted by molar-refractivity contribution is -0.140. The molecule has 7 nitrogen and oxygen atoms in total. The number of hydrogen-bond acceptors (Lipinski definition) is 6. The molecule has 0 aliphatic carbocycles.